The number of fused-ring (bicyclic) bond motifs is 1. The molecule has 0 amide bonds. The number of hydrogen-bond acceptors (Lipinski definition) is 4. The zero-order valence-corrected chi connectivity index (χ0v) is 15.0. The van der Waals surface area contributed by atoms with Crippen molar-refractivity contribution in [2.45, 2.75) is 0 Å². The van der Waals surface area contributed by atoms with Crippen molar-refractivity contribution in [3.8, 4) is 0 Å². The van der Waals surface area contributed by atoms with Crippen molar-refractivity contribution in [1.29, 1.82) is 0 Å². The zero-order valence-electron chi connectivity index (χ0n) is 15.0. The topological polar surface area (TPSA) is 92.0 Å². The van der Waals surface area contributed by atoms with Gasteiger partial charge in [-0.05, 0) is 36.4 Å². The third kappa shape index (κ3) is 3.58. The molecule has 0 saturated heterocycles. The third-order valence-electron chi connectivity index (χ3n) is 4.37. The highest BCUT2D eigenvalue weighted by Gasteiger charge is 2.24. The fourth-order valence-electron chi connectivity index (χ4n) is 3.06. The van der Waals surface area contributed by atoms with Gasteiger partial charge in [0.05, 0.1) is 11.0 Å². The van der Waals surface area contributed by atoms with Gasteiger partial charge in [0, 0.05) is 22.9 Å². The van der Waals surface area contributed by atoms with Gasteiger partial charge in [-0.25, -0.2) is 13.8 Å². The summed E-state index contributed by atoms with van der Waals surface area (Å²) < 4.78 is 27.4. The number of para-hydroxylation sites is 2. The molecule has 0 unspecified atom stereocenters. The zero-order chi connectivity index (χ0) is 20.5. The van der Waals surface area contributed by atoms with Crippen LogP contribution >= 0.6 is 0 Å². The number of carbonyl (C=O) groups is 1. The van der Waals surface area contributed by atoms with Crippen LogP contribution in [0.1, 0.15) is 21.7 Å². The molecule has 0 bridgehead atoms. The molecule has 0 aliphatic carbocycles. The molecule has 1 aromatic heterocycles. The molecular formula is C22H15F2N3O2. The van der Waals surface area contributed by atoms with Gasteiger partial charge in [0.2, 0.25) is 5.78 Å². The number of hydrogen-bond donors (Lipinski definition) is 3. The number of nitrogens with zero attached hydrogens (tertiary/aromatic N) is 1. The summed E-state index contributed by atoms with van der Waals surface area (Å²) in [6.07, 6.45) is 0. The molecule has 29 heavy (non-hydrogen) atoms. The Morgan fingerprint density at radius 3 is 2.34 bits per heavy atom. The molecule has 0 fully saturated rings. The number of nitrogens with two attached hydrogens (primary N) is 1. The van der Waals surface area contributed by atoms with Crippen molar-refractivity contribution in [3.05, 3.63) is 95.3 Å². The minimum atomic E-state index is -0.882. The second-order valence-corrected chi connectivity index (χ2v) is 6.44. The Bertz CT molecular complexity index is 1220. The number of Topliss-reactive ketones (excluding diaryl/α,β-unsaturated/α-hetero) is 1. The highest BCUT2D eigenvalue weighted by Crippen LogP contribution is 2.29. The van der Waals surface area contributed by atoms with E-state index in [0.29, 0.717) is 22.8 Å². The first-order valence-electron chi connectivity index (χ1n) is 8.67. The largest absolute Gasteiger partial charge is 0.506 e. The van der Waals surface area contributed by atoms with Gasteiger partial charge in [0.15, 0.2) is 0 Å². The van der Waals surface area contributed by atoms with Crippen molar-refractivity contribution in [1.82, 2.24) is 9.97 Å². The monoisotopic (exact) mass is 391 g/mol. The Labute approximate surface area is 164 Å². The smallest absolute Gasteiger partial charge is 0.200 e. The summed E-state index contributed by atoms with van der Waals surface area (Å²) in [5.41, 5.74) is 7.12. The van der Waals surface area contributed by atoms with E-state index in [1.54, 1.807) is 36.4 Å². The lowest BCUT2D eigenvalue weighted by Gasteiger charge is -2.10. The van der Waals surface area contributed by atoms with Crippen molar-refractivity contribution in [2.24, 2.45) is 0 Å². The van der Waals surface area contributed by atoms with Crippen LogP contribution < -0.4 is 5.73 Å². The number of ketones is 1. The average Bonchev–Trinajstić information content (AvgIpc) is 3.10. The highest BCUT2D eigenvalue weighted by atomic mass is 19.1. The van der Waals surface area contributed by atoms with E-state index in [9.17, 15) is 18.7 Å². The Morgan fingerprint density at radius 2 is 1.66 bits per heavy atom. The average molecular weight is 391 g/mol. The third-order valence-corrected chi connectivity index (χ3v) is 4.37. The summed E-state index contributed by atoms with van der Waals surface area (Å²) in [4.78, 5) is 20.6. The van der Waals surface area contributed by atoms with E-state index in [2.05, 4.69) is 9.97 Å². The molecule has 0 spiro atoms. The van der Waals surface area contributed by atoms with E-state index in [0.717, 1.165) is 12.1 Å². The summed E-state index contributed by atoms with van der Waals surface area (Å²) in [7, 11) is 0. The number of carbonyl (C=O) groups excluding carboxylic acids is 1. The van der Waals surface area contributed by atoms with Gasteiger partial charge in [-0.2, -0.15) is 0 Å². The Hall–Kier alpha value is -4.00. The summed E-state index contributed by atoms with van der Waals surface area (Å²) in [5, 5.41) is 10.8. The first-order valence-corrected chi connectivity index (χ1v) is 8.67. The molecule has 0 saturated carbocycles. The Balaban J connectivity index is 1.96. The number of aromatic amines is 1. The van der Waals surface area contributed by atoms with E-state index in [1.165, 1.54) is 12.1 Å². The van der Waals surface area contributed by atoms with Gasteiger partial charge in [0.25, 0.3) is 0 Å². The number of rotatable bonds is 4. The number of benzene rings is 3. The summed E-state index contributed by atoms with van der Waals surface area (Å²) >= 11 is 0. The van der Waals surface area contributed by atoms with Crippen molar-refractivity contribution < 1.29 is 18.7 Å². The number of nitrogens with one attached hydrogen (secondary N) is 1. The SMILES string of the molecule is Nc1cccc(C(=O)/C(=C(/O)c2cc(F)cc(F)c2)c2nc3ccccc3[nH]2)c1. The van der Waals surface area contributed by atoms with Crippen LogP contribution in [-0.2, 0) is 0 Å². The standard InChI is InChI=1S/C22H15F2N3O2/c23-14-8-13(9-15(24)11-14)21(29)19(20(28)12-4-3-5-16(25)10-12)22-26-17-6-1-2-7-18(17)27-22/h1-11,29H,25H2,(H,26,27)/b21-19-. The molecule has 4 rings (SSSR count). The number of H-pyrrole nitrogens is 1. The maximum atomic E-state index is 13.7. The van der Waals surface area contributed by atoms with E-state index in [1.807, 2.05) is 0 Å². The lowest BCUT2D eigenvalue weighted by atomic mass is 9.98. The minimum Gasteiger partial charge on any atom is -0.506 e. The lowest BCUT2D eigenvalue weighted by Crippen LogP contribution is -2.08. The molecule has 0 aliphatic rings. The van der Waals surface area contributed by atoms with Gasteiger partial charge in [-0.3, -0.25) is 4.79 Å². The van der Waals surface area contributed by atoms with E-state index in [-0.39, 0.29) is 22.5 Å². The molecule has 0 atom stereocenters. The van der Waals surface area contributed by atoms with Crippen LogP contribution in [0.3, 0.4) is 0 Å². The molecule has 4 N–H and O–H groups in total. The van der Waals surface area contributed by atoms with Crippen LogP contribution in [-0.4, -0.2) is 20.9 Å². The number of anilines is 1. The van der Waals surface area contributed by atoms with Crippen LogP contribution in [0, 0.1) is 11.6 Å². The Kier molecular flexibility index (Phi) is 4.56. The number of aliphatic hydroxyl groups excluding tert-OH is 1. The van der Waals surface area contributed by atoms with Crippen LogP contribution in [0.2, 0.25) is 0 Å². The maximum Gasteiger partial charge on any atom is 0.200 e. The van der Waals surface area contributed by atoms with E-state index < -0.39 is 23.2 Å². The molecule has 1 heterocycles. The first-order chi connectivity index (χ1) is 13.9. The normalized spacial score (nSPS) is 12.1. The molecule has 7 heteroatoms. The van der Waals surface area contributed by atoms with Gasteiger partial charge in [-0.1, -0.05) is 24.3 Å². The van der Waals surface area contributed by atoms with Crippen LogP contribution in [0.5, 0.6) is 0 Å². The number of aliphatic hydroxyl groups is 1. The lowest BCUT2D eigenvalue weighted by molar-refractivity contribution is 0.105. The molecule has 3 aromatic carbocycles. The van der Waals surface area contributed by atoms with Gasteiger partial charge >= 0.3 is 0 Å². The Morgan fingerprint density at radius 1 is 0.931 bits per heavy atom. The predicted octanol–water partition coefficient (Wildman–Crippen LogP) is 4.73. The van der Waals surface area contributed by atoms with Crippen LogP contribution in [0.4, 0.5) is 14.5 Å². The number of halogens is 2. The number of nitrogen functional groups attached to an aromatic ring is 1. The summed E-state index contributed by atoms with van der Waals surface area (Å²) in [6, 6.07) is 15.8. The van der Waals surface area contributed by atoms with Gasteiger partial charge < -0.3 is 15.8 Å². The maximum absolute atomic E-state index is 13.7. The van der Waals surface area contributed by atoms with E-state index in [4.69, 9.17) is 5.73 Å². The molecule has 5 nitrogen and oxygen atoms in total. The molecular weight excluding hydrogens is 376 g/mol. The van der Waals surface area contributed by atoms with E-state index >= 15 is 0 Å². The number of allylic oxidation sites excluding steroid dienone is 1. The molecule has 0 radical (unpaired) electrons. The van der Waals surface area contributed by atoms with Crippen molar-refractivity contribution in [3.63, 3.8) is 0 Å². The molecule has 0 aliphatic heterocycles. The van der Waals surface area contributed by atoms with Crippen molar-refractivity contribution >= 4 is 33.8 Å². The predicted molar refractivity (Wildman–Crippen MR) is 107 cm³/mol. The second kappa shape index (κ2) is 7.20. The second-order valence-electron chi connectivity index (χ2n) is 6.44. The molecule has 4 aromatic rings. The fraction of sp³-hybridized carbons (Fsp3) is 0. The van der Waals surface area contributed by atoms with Gasteiger partial charge in [-0.15, -0.1) is 0 Å². The van der Waals surface area contributed by atoms with Crippen LogP contribution in [0.15, 0.2) is 66.7 Å². The molecule has 144 valence electrons. The summed E-state index contributed by atoms with van der Waals surface area (Å²) in [6.45, 7) is 0. The number of aromatic nitrogens is 2. The quantitative estimate of drug-likeness (QED) is 0.203. The number of imidazole rings is 1. The fourth-order valence-corrected chi connectivity index (χ4v) is 3.06. The summed E-state index contributed by atoms with van der Waals surface area (Å²) in [5.74, 6) is -2.90. The minimum absolute atomic E-state index is 0.0702. The van der Waals surface area contributed by atoms with Crippen LogP contribution in [0.25, 0.3) is 22.4 Å². The highest BCUT2D eigenvalue weighted by molar-refractivity contribution is 6.33. The van der Waals surface area contributed by atoms with Crippen molar-refractivity contribution in [2.75, 3.05) is 5.73 Å². The van der Waals surface area contributed by atoms with Gasteiger partial charge in [0.1, 0.15) is 28.8 Å². The first kappa shape index (κ1) is 18.4.